The van der Waals surface area contributed by atoms with E-state index in [1.54, 1.807) is 29.2 Å². The third-order valence-electron chi connectivity index (χ3n) is 3.82. The van der Waals surface area contributed by atoms with Gasteiger partial charge in [0.2, 0.25) is 17.7 Å². The summed E-state index contributed by atoms with van der Waals surface area (Å²) in [6.07, 6.45) is 2.25. The highest BCUT2D eigenvalue weighted by molar-refractivity contribution is 5.98. The van der Waals surface area contributed by atoms with Crippen molar-refractivity contribution < 1.29 is 14.4 Å². The molecule has 1 aromatic rings. The zero-order chi connectivity index (χ0) is 16.8. The molecule has 1 heterocycles. The highest BCUT2D eigenvalue weighted by Crippen LogP contribution is 2.21. The van der Waals surface area contributed by atoms with Gasteiger partial charge in [-0.25, -0.2) is 0 Å². The topological polar surface area (TPSA) is 78.5 Å². The maximum absolute atomic E-state index is 12.3. The number of benzene rings is 1. The molecule has 0 aromatic heterocycles. The summed E-state index contributed by atoms with van der Waals surface area (Å²) < 4.78 is 0. The van der Waals surface area contributed by atoms with Crippen molar-refractivity contribution in [2.75, 3.05) is 23.7 Å². The quantitative estimate of drug-likeness (QED) is 0.844. The minimum Gasteiger partial charge on any atom is -0.342 e. The molecule has 1 unspecified atom stereocenters. The predicted molar refractivity (Wildman–Crippen MR) is 89.0 cm³/mol. The number of likely N-dealkylation sites (tertiary alicyclic amines) is 1. The van der Waals surface area contributed by atoms with Crippen molar-refractivity contribution in [3.05, 3.63) is 24.3 Å². The molecule has 1 aliphatic rings. The summed E-state index contributed by atoms with van der Waals surface area (Å²) in [5.41, 5.74) is 1.24. The zero-order valence-electron chi connectivity index (χ0n) is 13.6. The van der Waals surface area contributed by atoms with E-state index in [0.29, 0.717) is 17.9 Å². The average Bonchev–Trinajstić information content (AvgIpc) is 2.86. The number of amides is 3. The Bertz CT molecular complexity index is 601. The number of nitrogens with zero attached hydrogens (tertiary/aromatic N) is 1. The van der Waals surface area contributed by atoms with Gasteiger partial charge in [-0.1, -0.05) is 19.4 Å². The molecular weight excluding hydrogens is 294 g/mol. The predicted octanol–water partition coefficient (Wildman–Crippen LogP) is 2.23. The van der Waals surface area contributed by atoms with Crippen LogP contribution in [0, 0.1) is 5.92 Å². The molecule has 2 N–H and O–H groups in total. The fraction of sp³-hybridized carbons (Fsp3) is 0.471. The van der Waals surface area contributed by atoms with Crippen molar-refractivity contribution in [2.45, 2.75) is 33.1 Å². The van der Waals surface area contributed by atoms with Gasteiger partial charge in [0.15, 0.2) is 0 Å². The van der Waals surface area contributed by atoms with Crippen molar-refractivity contribution >= 4 is 29.1 Å². The Morgan fingerprint density at radius 3 is 2.61 bits per heavy atom. The summed E-state index contributed by atoms with van der Waals surface area (Å²) in [6, 6.07) is 6.97. The Hall–Kier alpha value is -2.37. The number of nitrogens with one attached hydrogen (secondary N) is 2. The molecule has 1 aliphatic heterocycles. The van der Waals surface area contributed by atoms with Crippen molar-refractivity contribution in [3.8, 4) is 0 Å². The van der Waals surface area contributed by atoms with Gasteiger partial charge in [0.25, 0.3) is 0 Å². The van der Waals surface area contributed by atoms with Crippen LogP contribution in [0.2, 0.25) is 0 Å². The Balaban J connectivity index is 1.94. The SMILES string of the molecule is CCCCN1CC(C(=O)Nc2cccc(NC(C)=O)c2)CC1=O. The number of anilines is 2. The number of carbonyl (C=O) groups is 3. The van der Waals surface area contributed by atoms with Crippen LogP contribution in [-0.4, -0.2) is 35.7 Å². The van der Waals surface area contributed by atoms with Gasteiger partial charge in [-0.05, 0) is 24.6 Å². The van der Waals surface area contributed by atoms with Crippen LogP contribution in [0.4, 0.5) is 11.4 Å². The Morgan fingerprint density at radius 2 is 1.96 bits per heavy atom. The van der Waals surface area contributed by atoms with Crippen molar-refractivity contribution in [3.63, 3.8) is 0 Å². The maximum Gasteiger partial charge on any atom is 0.229 e. The molecule has 1 atom stereocenters. The molecule has 0 saturated carbocycles. The average molecular weight is 317 g/mol. The first kappa shape index (κ1) is 17.0. The first-order valence-corrected chi connectivity index (χ1v) is 7.96. The molecule has 23 heavy (non-hydrogen) atoms. The lowest BCUT2D eigenvalue weighted by atomic mass is 10.1. The molecule has 6 heteroatoms. The van der Waals surface area contributed by atoms with Crippen molar-refractivity contribution in [1.29, 1.82) is 0 Å². The number of unbranched alkanes of at least 4 members (excludes halogenated alkanes) is 1. The monoisotopic (exact) mass is 317 g/mol. The van der Waals surface area contributed by atoms with Gasteiger partial charge in [-0.3, -0.25) is 14.4 Å². The molecule has 124 valence electrons. The van der Waals surface area contributed by atoms with Crippen LogP contribution in [0.15, 0.2) is 24.3 Å². The maximum atomic E-state index is 12.3. The number of hydrogen-bond donors (Lipinski definition) is 2. The fourth-order valence-corrected chi connectivity index (χ4v) is 2.64. The molecule has 0 spiro atoms. The summed E-state index contributed by atoms with van der Waals surface area (Å²) in [7, 11) is 0. The lowest BCUT2D eigenvalue weighted by Crippen LogP contribution is -2.29. The van der Waals surface area contributed by atoms with Crippen LogP contribution in [0.1, 0.15) is 33.1 Å². The van der Waals surface area contributed by atoms with Gasteiger partial charge < -0.3 is 15.5 Å². The first-order valence-electron chi connectivity index (χ1n) is 7.96. The van der Waals surface area contributed by atoms with Crippen molar-refractivity contribution in [2.24, 2.45) is 5.92 Å². The van der Waals surface area contributed by atoms with E-state index in [1.165, 1.54) is 6.92 Å². The molecular formula is C17H23N3O3. The minimum atomic E-state index is -0.316. The van der Waals surface area contributed by atoms with E-state index in [4.69, 9.17) is 0 Å². The summed E-state index contributed by atoms with van der Waals surface area (Å²) in [4.78, 5) is 37.1. The summed E-state index contributed by atoms with van der Waals surface area (Å²) in [5.74, 6) is -0.590. The van der Waals surface area contributed by atoms with Gasteiger partial charge in [-0.15, -0.1) is 0 Å². The van der Waals surface area contributed by atoms with Gasteiger partial charge in [0.05, 0.1) is 5.92 Å². The van der Waals surface area contributed by atoms with Crippen LogP contribution in [0.3, 0.4) is 0 Å². The lowest BCUT2D eigenvalue weighted by molar-refractivity contribution is -0.128. The molecule has 2 rings (SSSR count). The van der Waals surface area contributed by atoms with E-state index < -0.39 is 0 Å². The number of carbonyl (C=O) groups excluding carboxylic acids is 3. The first-order chi connectivity index (χ1) is 11.0. The Kier molecular flexibility index (Phi) is 5.73. The van der Waals surface area contributed by atoms with Crippen molar-refractivity contribution in [1.82, 2.24) is 4.90 Å². The zero-order valence-corrected chi connectivity index (χ0v) is 13.6. The highest BCUT2D eigenvalue weighted by Gasteiger charge is 2.33. The molecule has 1 aromatic carbocycles. The van der Waals surface area contributed by atoms with Gasteiger partial charge >= 0.3 is 0 Å². The van der Waals surface area contributed by atoms with Crippen LogP contribution in [0.25, 0.3) is 0 Å². The molecule has 3 amide bonds. The van der Waals surface area contributed by atoms with E-state index in [-0.39, 0.29) is 30.1 Å². The third kappa shape index (κ3) is 4.81. The molecule has 1 fully saturated rings. The van der Waals surface area contributed by atoms with Gasteiger partial charge in [0.1, 0.15) is 0 Å². The van der Waals surface area contributed by atoms with Gasteiger partial charge in [0, 0.05) is 37.8 Å². The molecule has 0 bridgehead atoms. The minimum absolute atomic E-state index is 0.0468. The standard InChI is InChI=1S/C17H23N3O3/c1-3-4-8-20-11-13(9-16(20)22)17(23)19-15-7-5-6-14(10-15)18-12(2)21/h5-7,10,13H,3-4,8-9,11H2,1-2H3,(H,18,21)(H,19,23). The van der Waals surface area contributed by atoms with E-state index >= 15 is 0 Å². The van der Waals surface area contributed by atoms with Gasteiger partial charge in [-0.2, -0.15) is 0 Å². The van der Waals surface area contributed by atoms with E-state index in [9.17, 15) is 14.4 Å². The Morgan fingerprint density at radius 1 is 1.26 bits per heavy atom. The highest BCUT2D eigenvalue weighted by atomic mass is 16.2. The molecule has 6 nitrogen and oxygen atoms in total. The Labute approximate surface area is 136 Å². The van der Waals surface area contributed by atoms with Crippen LogP contribution in [-0.2, 0) is 14.4 Å². The lowest BCUT2D eigenvalue weighted by Gasteiger charge is -2.16. The van der Waals surface area contributed by atoms with E-state index in [0.717, 1.165) is 19.4 Å². The smallest absolute Gasteiger partial charge is 0.229 e. The molecule has 0 radical (unpaired) electrons. The van der Waals surface area contributed by atoms with Crippen LogP contribution < -0.4 is 10.6 Å². The summed E-state index contributed by atoms with van der Waals surface area (Å²) in [5, 5.41) is 5.50. The van der Waals surface area contributed by atoms with Crippen LogP contribution >= 0.6 is 0 Å². The second kappa shape index (κ2) is 7.76. The van der Waals surface area contributed by atoms with Crippen LogP contribution in [0.5, 0.6) is 0 Å². The number of hydrogen-bond acceptors (Lipinski definition) is 3. The summed E-state index contributed by atoms with van der Waals surface area (Å²) in [6.45, 7) is 4.71. The molecule has 1 saturated heterocycles. The van der Waals surface area contributed by atoms with E-state index in [2.05, 4.69) is 17.6 Å². The number of rotatable bonds is 6. The largest absolute Gasteiger partial charge is 0.342 e. The second-order valence-corrected chi connectivity index (χ2v) is 5.85. The second-order valence-electron chi connectivity index (χ2n) is 5.85. The normalized spacial score (nSPS) is 17.2. The van der Waals surface area contributed by atoms with E-state index in [1.807, 2.05) is 0 Å². The third-order valence-corrected chi connectivity index (χ3v) is 3.82. The molecule has 0 aliphatic carbocycles. The fourth-order valence-electron chi connectivity index (χ4n) is 2.64. The summed E-state index contributed by atoms with van der Waals surface area (Å²) >= 11 is 0.